The van der Waals surface area contributed by atoms with E-state index in [1.807, 2.05) is 19.9 Å². The van der Waals surface area contributed by atoms with Gasteiger partial charge in [-0.15, -0.1) is 11.3 Å². The Labute approximate surface area is 175 Å². The molecule has 29 heavy (non-hydrogen) atoms. The molecule has 0 saturated heterocycles. The Morgan fingerprint density at radius 1 is 1.03 bits per heavy atom. The van der Waals surface area contributed by atoms with Gasteiger partial charge in [0.25, 0.3) is 0 Å². The average Bonchev–Trinajstić information content (AvgIpc) is 3.15. The molecule has 8 heteroatoms. The van der Waals surface area contributed by atoms with Crippen LogP contribution in [0.25, 0.3) is 21.8 Å². The third-order valence-corrected chi connectivity index (χ3v) is 7.68. The normalized spacial score (nSPS) is 15.5. The molecule has 3 aromatic rings. The second-order valence-corrected chi connectivity index (χ2v) is 10.4. The van der Waals surface area contributed by atoms with Crippen LogP contribution in [-0.2, 0) is 10.0 Å². The van der Waals surface area contributed by atoms with E-state index in [9.17, 15) is 8.42 Å². The van der Waals surface area contributed by atoms with E-state index in [0.29, 0.717) is 5.69 Å². The summed E-state index contributed by atoms with van der Waals surface area (Å²) in [6.07, 6.45) is 10.3. The molecule has 1 aliphatic rings. The minimum absolute atomic E-state index is 0.0243. The zero-order valence-corrected chi connectivity index (χ0v) is 18.2. The lowest BCUT2D eigenvalue weighted by atomic mass is 9.96. The molecule has 0 aliphatic heterocycles. The van der Waals surface area contributed by atoms with Gasteiger partial charge in [0.1, 0.15) is 5.69 Å². The van der Waals surface area contributed by atoms with Crippen LogP contribution in [-0.4, -0.2) is 29.4 Å². The van der Waals surface area contributed by atoms with Crippen LogP contribution in [0.5, 0.6) is 0 Å². The second-order valence-electron chi connectivity index (χ2n) is 7.47. The molecule has 1 aliphatic carbocycles. The minimum Gasteiger partial charge on any atom is -0.260 e. The number of hydrogen-bond donors (Lipinski definition) is 1. The molecule has 0 unspecified atom stereocenters. The van der Waals surface area contributed by atoms with Gasteiger partial charge < -0.3 is 0 Å². The molecule has 0 bridgehead atoms. The summed E-state index contributed by atoms with van der Waals surface area (Å²) in [5, 5.41) is 0.963. The summed E-state index contributed by atoms with van der Waals surface area (Å²) in [5.41, 5.74) is 3.11. The third kappa shape index (κ3) is 4.55. The quantitative estimate of drug-likeness (QED) is 0.647. The second kappa shape index (κ2) is 8.30. The molecule has 0 spiro atoms. The Kier molecular flexibility index (Phi) is 5.76. The summed E-state index contributed by atoms with van der Waals surface area (Å²) < 4.78 is 28.7. The first kappa shape index (κ1) is 20.1. The van der Waals surface area contributed by atoms with Crippen molar-refractivity contribution in [3.63, 3.8) is 0 Å². The summed E-state index contributed by atoms with van der Waals surface area (Å²) in [5.74, 6) is 0. The number of aryl methyl sites for hydroxylation is 2. The van der Waals surface area contributed by atoms with Crippen LogP contribution in [0.15, 0.2) is 41.7 Å². The lowest BCUT2D eigenvalue weighted by Crippen LogP contribution is -2.36. The molecule has 1 fully saturated rings. The van der Waals surface area contributed by atoms with Crippen molar-refractivity contribution in [2.75, 3.05) is 0 Å². The van der Waals surface area contributed by atoms with Gasteiger partial charge in [-0.2, -0.15) is 0 Å². The van der Waals surface area contributed by atoms with Gasteiger partial charge in [-0.3, -0.25) is 4.98 Å². The number of nitrogens with one attached hydrogen (secondary N) is 1. The fourth-order valence-corrected chi connectivity index (χ4v) is 5.71. The predicted octanol–water partition coefficient (Wildman–Crippen LogP) is 4.49. The molecule has 1 saturated carbocycles. The topological polar surface area (TPSA) is 84.8 Å². The molecule has 0 amide bonds. The lowest BCUT2D eigenvalue weighted by molar-refractivity contribution is 0.412. The van der Waals surface area contributed by atoms with Crippen LogP contribution in [0, 0.1) is 13.8 Å². The van der Waals surface area contributed by atoms with Crippen LogP contribution in [0.4, 0.5) is 0 Å². The van der Waals surface area contributed by atoms with Crippen LogP contribution in [0.2, 0.25) is 0 Å². The van der Waals surface area contributed by atoms with Crippen molar-refractivity contribution in [1.29, 1.82) is 0 Å². The maximum absolute atomic E-state index is 12.9. The SMILES string of the molecule is Cc1ncc(-c2cncc(-c3cc(S(=O)(=O)NC4CCCCC4)ccc3C)n2)s1. The molecule has 2 aromatic heterocycles. The third-order valence-electron chi connectivity index (χ3n) is 5.23. The van der Waals surface area contributed by atoms with Crippen molar-refractivity contribution < 1.29 is 8.42 Å². The Morgan fingerprint density at radius 2 is 1.79 bits per heavy atom. The predicted molar refractivity (Wildman–Crippen MR) is 115 cm³/mol. The fourth-order valence-electron chi connectivity index (χ4n) is 3.65. The van der Waals surface area contributed by atoms with E-state index in [0.717, 1.165) is 52.4 Å². The van der Waals surface area contributed by atoms with Crippen molar-refractivity contribution >= 4 is 21.4 Å². The van der Waals surface area contributed by atoms with Gasteiger partial charge in [0.2, 0.25) is 10.0 Å². The van der Waals surface area contributed by atoms with E-state index < -0.39 is 10.0 Å². The van der Waals surface area contributed by atoms with Gasteiger partial charge in [-0.05, 0) is 44.4 Å². The van der Waals surface area contributed by atoms with Crippen molar-refractivity contribution in [2.24, 2.45) is 0 Å². The highest BCUT2D eigenvalue weighted by Crippen LogP contribution is 2.29. The van der Waals surface area contributed by atoms with Crippen molar-refractivity contribution in [1.82, 2.24) is 19.7 Å². The summed E-state index contributed by atoms with van der Waals surface area (Å²) in [4.78, 5) is 14.5. The number of nitrogens with zero attached hydrogens (tertiary/aromatic N) is 3. The van der Waals surface area contributed by atoms with Gasteiger partial charge in [-0.1, -0.05) is 25.3 Å². The number of rotatable bonds is 5. The molecule has 152 valence electrons. The van der Waals surface area contributed by atoms with Crippen LogP contribution in [0.3, 0.4) is 0 Å². The Hall–Kier alpha value is -2.16. The fraction of sp³-hybridized carbons (Fsp3) is 0.381. The van der Waals surface area contributed by atoms with E-state index in [-0.39, 0.29) is 10.9 Å². The molecule has 4 rings (SSSR count). The van der Waals surface area contributed by atoms with Gasteiger partial charge in [0.05, 0.1) is 32.9 Å². The molecule has 0 atom stereocenters. The summed E-state index contributed by atoms with van der Waals surface area (Å²) in [7, 11) is -3.57. The van der Waals surface area contributed by atoms with Crippen LogP contribution >= 0.6 is 11.3 Å². The number of benzene rings is 1. The molecule has 1 N–H and O–H groups in total. The zero-order chi connectivity index (χ0) is 20.4. The molecule has 6 nitrogen and oxygen atoms in total. The standard InChI is InChI=1S/C21H24N4O2S2/c1-14-8-9-17(29(26,27)25-16-6-4-3-5-7-16)10-18(14)19-11-22-12-20(24-19)21-13-23-15(2)28-21/h8-13,16,25H,3-7H2,1-2H3. The van der Waals surface area contributed by atoms with Gasteiger partial charge in [0, 0.05) is 17.8 Å². The Morgan fingerprint density at radius 3 is 2.52 bits per heavy atom. The number of aromatic nitrogens is 3. The monoisotopic (exact) mass is 428 g/mol. The molecular weight excluding hydrogens is 404 g/mol. The van der Waals surface area contributed by atoms with Gasteiger partial charge in [-0.25, -0.2) is 23.1 Å². The number of hydrogen-bond acceptors (Lipinski definition) is 6. The Bertz CT molecular complexity index is 1120. The molecule has 2 heterocycles. The highest BCUT2D eigenvalue weighted by atomic mass is 32.2. The minimum atomic E-state index is -3.57. The van der Waals surface area contributed by atoms with Crippen molar-refractivity contribution in [3.05, 3.63) is 47.4 Å². The maximum atomic E-state index is 12.9. The smallest absolute Gasteiger partial charge is 0.240 e. The molecular formula is C21H24N4O2S2. The highest BCUT2D eigenvalue weighted by molar-refractivity contribution is 7.89. The summed E-state index contributed by atoms with van der Waals surface area (Å²) >= 11 is 1.56. The number of thiazole rings is 1. The van der Waals surface area contributed by atoms with E-state index >= 15 is 0 Å². The first-order chi connectivity index (χ1) is 13.9. The van der Waals surface area contributed by atoms with E-state index in [4.69, 9.17) is 4.98 Å². The summed E-state index contributed by atoms with van der Waals surface area (Å²) in [6, 6.07) is 5.21. The Balaban J connectivity index is 1.67. The summed E-state index contributed by atoms with van der Waals surface area (Å²) in [6.45, 7) is 3.90. The van der Waals surface area contributed by atoms with Gasteiger partial charge >= 0.3 is 0 Å². The van der Waals surface area contributed by atoms with E-state index in [2.05, 4.69) is 14.7 Å². The maximum Gasteiger partial charge on any atom is 0.240 e. The van der Waals surface area contributed by atoms with Crippen molar-refractivity contribution in [3.8, 4) is 21.8 Å². The first-order valence-electron chi connectivity index (χ1n) is 9.80. The number of sulfonamides is 1. The van der Waals surface area contributed by atoms with Crippen LogP contribution < -0.4 is 4.72 Å². The molecule has 1 aromatic carbocycles. The van der Waals surface area contributed by atoms with E-state index in [1.165, 1.54) is 6.42 Å². The average molecular weight is 429 g/mol. The lowest BCUT2D eigenvalue weighted by Gasteiger charge is -2.22. The highest BCUT2D eigenvalue weighted by Gasteiger charge is 2.23. The van der Waals surface area contributed by atoms with Crippen LogP contribution in [0.1, 0.15) is 42.7 Å². The molecule has 0 radical (unpaired) electrons. The zero-order valence-electron chi connectivity index (χ0n) is 16.6. The van der Waals surface area contributed by atoms with Gasteiger partial charge in [0.15, 0.2) is 0 Å². The van der Waals surface area contributed by atoms with E-state index in [1.54, 1.807) is 42.1 Å². The largest absolute Gasteiger partial charge is 0.260 e. The van der Waals surface area contributed by atoms with Crippen molar-refractivity contribution in [2.45, 2.75) is 56.9 Å². The first-order valence-corrected chi connectivity index (χ1v) is 12.1.